The molecule has 3 aromatic rings. The van der Waals surface area contributed by atoms with Crippen molar-refractivity contribution < 1.29 is 13.2 Å². The standard InChI is InChI=1S/C25H28N4O3S/c1-19-8-10-22(11-9-19)28(2)33(31,32)23-7-5-6-21(17-23)25(30)27-18-20-12-13-26-24(16-20)29-14-3-4-15-29/h5-13,16-17H,3-4,14-15,18H2,1-2H3,(H,27,30). The Morgan fingerprint density at radius 1 is 1.06 bits per heavy atom. The molecule has 0 unspecified atom stereocenters. The molecule has 1 aliphatic rings. The molecule has 0 aliphatic carbocycles. The van der Waals surface area contributed by atoms with E-state index in [1.54, 1.807) is 30.5 Å². The lowest BCUT2D eigenvalue weighted by molar-refractivity contribution is 0.0950. The van der Waals surface area contributed by atoms with Gasteiger partial charge in [0.15, 0.2) is 0 Å². The van der Waals surface area contributed by atoms with Crippen LogP contribution in [0.25, 0.3) is 0 Å². The monoisotopic (exact) mass is 464 g/mol. The van der Waals surface area contributed by atoms with Gasteiger partial charge in [0.25, 0.3) is 15.9 Å². The lowest BCUT2D eigenvalue weighted by Crippen LogP contribution is -2.27. The number of amides is 1. The highest BCUT2D eigenvalue weighted by Gasteiger charge is 2.22. The molecule has 1 fully saturated rings. The molecule has 0 bridgehead atoms. The third-order valence-corrected chi connectivity index (χ3v) is 7.63. The molecule has 1 aliphatic heterocycles. The maximum atomic E-state index is 13.1. The van der Waals surface area contributed by atoms with Crippen LogP contribution in [0.3, 0.4) is 0 Å². The fourth-order valence-corrected chi connectivity index (χ4v) is 5.07. The normalized spacial score (nSPS) is 13.7. The number of benzene rings is 2. The zero-order chi connectivity index (χ0) is 23.4. The number of sulfonamides is 1. The fourth-order valence-electron chi connectivity index (χ4n) is 3.82. The van der Waals surface area contributed by atoms with E-state index in [0.717, 1.165) is 30.0 Å². The molecule has 33 heavy (non-hydrogen) atoms. The molecule has 2 heterocycles. The summed E-state index contributed by atoms with van der Waals surface area (Å²) < 4.78 is 27.5. The van der Waals surface area contributed by atoms with E-state index in [-0.39, 0.29) is 10.8 Å². The topological polar surface area (TPSA) is 82.6 Å². The third kappa shape index (κ3) is 5.17. The van der Waals surface area contributed by atoms with Gasteiger partial charge in [-0.25, -0.2) is 13.4 Å². The van der Waals surface area contributed by atoms with Gasteiger partial charge in [-0.05, 0) is 67.8 Å². The quantitative estimate of drug-likeness (QED) is 0.576. The molecule has 0 atom stereocenters. The van der Waals surface area contributed by atoms with Crippen LogP contribution in [0, 0.1) is 6.92 Å². The molecule has 1 aromatic heterocycles. The van der Waals surface area contributed by atoms with Gasteiger partial charge in [-0.15, -0.1) is 0 Å². The first-order valence-electron chi connectivity index (χ1n) is 11.0. The maximum absolute atomic E-state index is 13.1. The van der Waals surface area contributed by atoms with Crippen LogP contribution < -0.4 is 14.5 Å². The SMILES string of the molecule is Cc1ccc(N(C)S(=O)(=O)c2cccc(C(=O)NCc3ccnc(N4CCCC4)c3)c2)cc1. The van der Waals surface area contributed by atoms with E-state index >= 15 is 0 Å². The highest BCUT2D eigenvalue weighted by molar-refractivity contribution is 7.92. The minimum Gasteiger partial charge on any atom is -0.357 e. The van der Waals surface area contributed by atoms with Crippen molar-refractivity contribution in [1.29, 1.82) is 0 Å². The number of nitrogens with one attached hydrogen (secondary N) is 1. The van der Waals surface area contributed by atoms with Gasteiger partial charge >= 0.3 is 0 Å². The van der Waals surface area contributed by atoms with Crippen molar-refractivity contribution in [2.24, 2.45) is 0 Å². The number of nitrogens with zero attached hydrogens (tertiary/aromatic N) is 3. The van der Waals surface area contributed by atoms with Crippen LogP contribution in [0.15, 0.2) is 71.8 Å². The number of anilines is 2. The first kappa shape index (κ1) is 22.8. The van der Waals surface area contributed by atoms with Crippen LogP contribution >= 0.6 is 0 Å². The molecule has 0 saturated carbocycles. The molecule has 7 nitrogen and oxygen atoms in total. The van der Waals surface area contributed by atoms with E-state index in [4.69, 9.17) is 0 Å². The van der Waals surface area contributed by atoms with Gasteiger partial charge < -0.3 is 10.2 Å². The molecule has 2 aromatic carbocycles. The predicted octanol–water partition coefficient (Wildman–Crippen LogP) is 3.75. The van der Waals surface area contributed by atoms with Gasteiger partial charge in [-0.3, -0.25) is 9.10 Å². The summed E-state index contributed by atoms with van der Waals surface area (Å²) in [5, 5.41) is 2.89. The number of aryl methyl sites for hydroxylation is 1. The summed E-state index contributed by atoms with van der Waals surface area (Å²) in [7, 11) is -2.30. The molecule has 1 N–H and O–H groups in total. The van der Waals surface area contributed by atoms with Crippen molar-refractivity contribution in [3.63, 3.8) is 0 Å². The Morgan fingerprint density at radius 2 is 1.79 bits per heavy atom. The highest BCUT2D eigenvalue weighted by atomic mass is 32.2. The summed E-state index contributed by atoms with van der Waals surface area (Å²) in [5.41, 5.74) is 2.84. The Morgan fingerprint density at radius 3 is 2.52 bits per heavy atom. The number of hydrogen-bond donors (Lipinski definition) is 1. The van der Waals surface area contributed by atoms with Gasteiger partial charge in [0.1, 0.15) is 5.82 Å². The predicted molar refractivity (Wildman–Crippen MR) is 130 cm³/mol. The zero-order valence-electron chi connectivity index (χ0n) is 18.9. The maximum Gasteiger partial charge on any atom is 0.264 e. The number of aromatic nitrogens is 1. The molecule has 0 radical (unpaired) electrons. The van der Waals surface area contributed by atoms with Crippen molar-refractivity contribution in [3.05, 3.63) is 83.6 Å². The van der Waals surface area contributed by atoms with E-state index in [9.17, 15) is 13.2 Å². The van der Waals surface area contributed by atoms with Crippen LogP contribution in [-0.4, -0.2) is 39.4 Å². The van der Waals surface area contributed by atoms with E-state index < -0.39 is 10.0 Å². The summed E-state index contributed by atoms with van der Waals surface area (Å²) >= 11 is 0. The number of rotatable bonds is 7. The molecule has 0 spiro atoms. The molecular weight excluding hydrogens is 436 g/mol. The first-order valence-corrected chi connectivity index (χ1v) is 12.4. The summed E-state index contributed by atoms with van der Waals surface area (Å²) in [4.78, 5) is 19.5. The minimum atomic E-state index is -3.80. The Hall–Kier alpha value is -3.39. The molecule has 1 amide bonds. The largest absolute Gasteiger partial charge is 0.357 e. The summed E-state index contributed by atoms with van der Waals surface area (Å²) in [6.45, 7) is 4.28. The highest BCUT2D eigenvalue weighted by Crippen LogP contribution is 2.23. The van der Waals surface area contributed by atoms with E-state index in [1.807, 2.05) is 31.2 Å². The minimum absolute atomic E-state index is 0.0680. The van der Waals surface area contributed by atoms with Crippen molar-refractivity contribution in [2.45, 2.75) is 31.2 Å². The molecule has 1 saturated heterocycles. The lowest BCUT2D eigenvalue weighted by Gasteiger charge is -2.20. The molecule has 8 heteroatoms. The Kier molecular flexibility index (Phi) is 6.65. The van der Waals surface area contributed by atoms with Gasteiger partial charge in [0.2, 0.25) is 0 Å². The number of hydrogen-bond acceptors (Lipinski definition) is 5. The average molecular weight is 465 g/mol. The van der Waals surface area contributed by atoms with Crippen molar-refractivity contribution in [2.75, 3.05) is 29.3 Å². The summed E-state index contributed by atoms with van der Waals surface area (Å²) in [5.74, 6) is 0.594. The lowest BCUT2D eigenvalue weighted by atomic mass is 10.2. The number of pyridine rings is 1. The van der Waals surface area contributed by atoms with E-state index in [0.29, 0.717) is 17.8 Å². The van der Waals surface area contributed by atoms with Gasteiger partial charge in [0.05, 0.1) is 10.6 Å². The molecular formula is C25H28N4O3S. The van der Waals surface area contributed by atoms with E-state index in [1.165, 1.54) is 36.3 Å². The fraction of sp³-hybridized carbons (Fsp3) is 0.280. The first-order chi connectivity index (χ1) is 15.8. The number of carbonyl (C=O) groups is 1. The van der Waals surface area contributed by atoms with Crippen LogP contribution in [-0.2, 0) is 16.6 Å². The second kappa shape index (κ2) is 9.62. The second-order valence-electron chi connectivity index (χ2n) is 8.24. The van der Waals surface area contributed by atoms with Crippen LogP contribution in [0.2, 0.25) is 0 Å². The number of carbonyl (C=O) groups excluding carboxylic acids is 1. The summed E-state index contributed by atoms with van der Waals surface area (Å²) in [6.07, 6.45) is 4.09. The Bertz CT molecular complexity index is 1240. The van der Waals surface area contributed by atoms with Crippen molar-refractivity contribution in [3.8, 4) is 0 Å². The van der Waals surface area contributed by atoms with Gasteiger partial charge in [-0.2, -0.15) is 0 Å². The van der Waals surface area contributed by atoms with Crippen molar-refractivity contribution >= 4 is 27.4 Å². The van der Waals surface area contributed by atoms with Crippen LogP contribution in [0.1, 0.15) is 34.3 Å². The third-order valence-electron chi connectivity index (χ3n) is 5.85. The van der Waals surface area contributed by atoms with E-state index in [2.05, 4.69) is 15.2 Å². The smallest absolute Gasteiger partial charge is 0.264 e. The Balaban J connectivity index is 1.46. The van der Waals surface area contributed by atoms with Gasteiger partial charge in [-0.1, -0.05) is 23.8 Å². The van der Waals surface area contributed by atoms with Crippen LogP contribution in [0.4, 0.5) is 11.5 Å². The Labute approximate surface area is 195 Å². The van der Waals surface area contributed by atoms with Crippen molar-refractivity contribution in [1.82, 2.24) is 10.3 Å². The van der Waals surface area contributed by atoms with Crippen LogP contribution in [0.5, 0.6) is 0 Å². The average Bonchev–Trinajstić information content (AvgIpc) is 3.38. The summed E-state index contributed by atoms with van der Waals surface area (Å²) in [6, 6.07) is 17.2. The molecule has 172 valence electrons. The second-order valence-corrected chi connectivity index (χ2v) is 10.2. The van der Waals surface area contributed by atoms with Gasteiger partial charge in [0, 0.05) is 38.4 Å². The zero-order valence-corrected chi connectivity index (χ0v) is 19.7. The molecule has 4 rings (SSSR count).